The summed E-state index contributed by atoms with van der Waals surface area (Å²) in [6, 6.07) is 21.7. The van der Waals surface area contributed by atoms with Gasteiger partial charge in [-0.25, -0.2) is 0 Å². The van der Waals surface area contributed by atoms with Crippen LogP contribution in [0.25, 0.3) is 11.1 Å². The number of rotatable bonds is 3. The maximum absolute atomic E-state index is 10.9. The van der Waals surface area contributed by atoms with Crippen LogP contribution in [-0.4, -0.2) is 4.92 Å². The Bertz CT molecular complexity index is 921. The molecule has 0 aliphatic heterocycles. The maximum Gasteiger partial charge on any atom is 0.270 e. The minimum atomic E-state index is -0.358. The van der Waals surface area contributed by atoms with E-state index in [9.17, 15) is 10.1 Å². The zero-order chi connectivity index (χ0) is 15.8. The standard InChI is InChI=1S/C19H13NO2S/c21-20(22)15-5-3-6-16(12-15)23-17-8-9-19-14(11-17)10-13-4-1-2-7-18(13)19/h1-9,11-12H,10H2. The van der Waals surface area contributed by atoms with Crippen LogP contribution in [0.15, 0.2) is 76.5 Å². The van der Waals surface area contributed by atoms with Gasteiger partial charge < -0.3 is 0 Å². The van der Waals surface area contributed by atoms with Gasteiger partial charge in [-0.1, -0.05) is 48.2 Å². The molecule has 4 rings (SSSR count). The first kappa shape index (κ1) is 14.0. The molecule has 0 amide bonds. The molecule has 0 heterocycles. The summed E-state index contributed by atoms with van der Waals surface area (Å²) in [5.74, 6) is 0. The second-order valence-electron chi connectivity index (χ2n) is 5.51. The highest BCUT2D eigenvalue weighted by molar-refractivity contribution is 7.99. The summed E-state index contributed by atoms with van der Waals surface area (Å²) < 4.78 is 0. The summed E-state index contributed by atoms with van der Waals surface area (Å²) in [5.41, 5.74) is 5.42. The number of fused-ring (bicyclic) bond motifs is 3. The van der Waals surface area contributed by atoms with Gasteiger partial charge in [-0.05, 0) is 46.9 Å². The first-order valence-electron chi connectivity index (χ1n) is 7.34. The Morgan fingerprint density at radius 2 is 1.61 bits per heavy atom. The monoisotopic (exact) mass is 319 g/mol. The average Bonchev–Trinajstić information content (AvgIpc) is 2.92. The zero-order valence-corrected chi connectivity index (χ0v) is 13.0. The van der Waals surface area contributed by atoms with E-state index in [2.05, 4.69) is 42.5 Å². The van der Waals surface area contributed by atoms with E-state index in [-0.39, 0.29) is 10.6 Å². The first-order valence-corrected chi connectivity index (χ1v) is 8.16. The smallest absolute Gasteiger partial charge is 0.258 e. The van der Waals surface area contributed by atoms with Gasteiger partial charge in [0.25, 0.3) is 5.69 Å². The zero-order valence-electron chi connectivity index (χ0n) is 12.2. The Balaban J connectivity index is 1.64. The summed E-state index contributed by atoms with van der Waals surface area (Å²) in [7, 11) is 0. The van der Waals surface area contributed by atoms with Gasteiger partial charge in [-0.15, -0.1) is 0 Å². The predicted molar refractivity (Wildman–Crippen MR) is 91.9 cm³/mol. The molecule has 23 heavy (non-hydrogen) atoms. The molecular formula is C19H13NO2S. The van der Waals surface area contributed by atoms with E-state index in [0.717, 1.165) is 16.2 Å². The highest BCUT2D eigenvalue weighted by atomic mass is 32.2. The summed E-state index contributed by atoms with van der Waals surface area (Å²) in [4.78, 5) is 12.5. The van der Waals surface area contributed by atoms with Crippen molar-refractivity contribution in [3.05, 3.63) is 88.0 Å². The van der Waals surface area contributed by atoms with Gasteiger partial charge >= 0.3 is 0 Å². The van der Waals surface area contributed by atoms with Gasteiger partial charge in [0.1, 0.15) is 0 Å². The third-order valence-electron chi connectivity index (χ3n) is 4.03. The number of non-ortho nitro benzene ring substituents is 1. The van der Waals surface area contributed by atoms with Crippen molar-refractivity contribution in [2.24, 2.45) is 0 Å². The van der Waals surface area contributed by atoms with Gasteiger partial charge in [0.05, 0.1) is 4.92 Å². The molecule has 0 unspecified atom stereocenters. The van der Waals surface area contributed by atoms with Crippen LogP contribution >= 0.6 is 11.8 Å². The molecule has 0 fully saturated rings. The van der Waals surface area contributed by atoms with Gasteiger partial charge in [0, 0.05) is 21.9 Å². The number of nitro benzene ring substituents is 1. The molecular weight excluding hydrogens is 306 g/mol. The van der Waals surface area contributed by atoms with Crippen molar-refractivity contribution >= 4 is 17.4 Å². The second-order valence-corrected chi connectivity index (χ2v) is 6.66. The lowest BCUT2D eigenvalue weighted by Crippen LogP contribution is -1.87. The third kappa shape index (κ3) is 2.62. The van der Waals surface area contributed by atoms with Crippen LogP contribution in [0.1, 0.15) is 11.1 Å². The van der Waals surface area contributed by atoms with E-state index in [1.165, 1.54) is 28.3 Å². The molecule has 112 valence electrons. The van der Waals surface area contributed by atoms with Crippen molar-refractivity contribution in [2.45, 2.75) is 16.2 Å². The van der Waals surface area contributed by atoms with Crippen molar-refractivity contribution in [3.63, 3.8) is 0 Å². The molecule has 3 aromatic rings. The van der Waals surface area contributed by atoms with E-state index in [4.69, 9.17) is 0 Å². The van der Waals surface area contributed by atoms with Crippen LogP contribution < -0.4 is 0 Å². The van der Waals surface area contributed by atoms with Crippen molar-refractivity contribution < 1.29 is 4.92 Å². The second kappa shape index (κ2) is 5.56. The van der Waals surface area contributed by atoms with Gasteiger partial charge in [0.15, 0.2) is 0 Å². The Labute approximate surface area is 138 Å². The number of benzene rings is 3. The summed E-state index contributed by atoms with van der Waals surface area (Å²) in [5, 5.41) is 10.9. The summed E-state index contributed by atoms with van der Waals surface area (Å²) >= 11 is 1.56. The van der Waals surface area contributed by atoms with Gasteiger partial charge in [-0.3, -0.25) is 10.1 Å². The van der Waals surface area contributed by atoms with Crippen molar-refractivity contribution in [2.75, 3.05) is 0 Å². The quantitative estimate of drug-likeness (QED) is 0.379. The normalized spacial score (nSPS) is 11.8. The Morgan fingerprint density at radius 3 is 2.48 bits per heavy atom. The number of nitro groups is 1. The molecule has 0 saturated heterocycles. The van der Waals surface area contributed by atoms with Gasteiger partial charge in [-0.2, -0.15) is 0 Å². The fraction of sp³-hybridized carbons (Fsp3) is 0.0526. The molecule has 0 radical (unpaired) electrons. The van der Waals surface area contributed by atoms with Crippen molar-refractivity contribution in [1.29, 1.82) is 0 Å². The summed E-state index contributed by atoms with van der Waals surface area (Å²) in [6.45, 7) is 0. The summed E-state index contributed by atoms with van der Waals surface area (Å²) in [6.07, 6.45) is 0.953. The lowest BCUT2D eigenvalue weighted by atomic mass is 10.1. The molecule has 1 aliphatic carbocycles. The molecule has 0 bridgehead atoms. The third-order valence-corrected chi connectivity index (χ3v) is 5.01. The maximum atomic E-state index is 10.9. The van der Waals surface area contributed by atoms with E-state index >= 15 is 0 Å². The molecule has 0 N–H and O–H groups in total. The van der Waals surface area contributed by atoms with Crippen molar-refractivity contribution in [1.82, 2.24) is 0 Å². The van der Waals surface area contributed by atoms with Crippen molar-refractivity contribution in [3.8, 4) is 11.1 Å². The molecule has 3 aromatic carbocycles. The average molecular weight is 319 g/mol. The molecule has 3 nitrogen and oxygen atoms in total. The number of hydrogen-bond donors (Lipinski definition) is 0. The minimum absolute atomic E-state index is 0.128. The molecule has 0 aromatic heterocycles. The molecule has 0 spiro atoms. The van der Waals surface area contributed by atoms with E-state index in [0.29, 0.717) is 0 Å². The largest absolute Gasteiger partial charge is 0.270 e. The fourth-order valence-corrected chi connectivity index (χ4v) is 3.92. The van der Waals surface area contributed by atoms with E-state index in [1.807, 2.05) is 6.07 Å². The number of nitrogens with zero attached hydrogens (tertiary/aromatic N) is 1. The Morgan fingerprint density at radius 1 is 0.826 bits per heavy atom. The first-order chi connectivity index (χ1) is 11.2. The minimum Gasteiger partial charge on any atom is -0.258 e. The van der Waals surface area contributed by atoms with Crippen LogP contribution in [0.4, 0.5) is 5.69 Å². The van der Waals surface area contributed by atoms with Crippen LogP contribution in [0.3, 0.4) is 0 Å². The Kier molecular flexibility index (Phi) is 3.39. The topological polar surface area (TPSA) is 43.1 Å². The van der Waals surface area contributed by atoms with Crippen LogP contribution in [0.5, 0.6) is 0 Å². The highest BCUT2D eigenvalue weighted by Crippen LogP contribution is 2.39. The fourth-order valence-electron chi connectivity index (χ4n) is 2.98. The lowest BCUT2D eigenvalue weighted by Gasteiger charge is -2.05. The van der Waals surface area contributed by atoms with E-state index in [1.54, 1.807) is 23.9 Å². The molecule has 0 saturated carbocycles. The molecule has 4 heteroatoms. The van der Waals surface area contributed by atoms with Gasteiger partial charge in [0.2, 0.25) is 0 Å². The molecule has 1 aliphatic rings. The van der Waals surface area contributed by atoms with Crippen LogP contribution in [-0.2, 0) is 6.42 Å². The Hall–Kier alpha value is -2.59. The lowest BCUT2D eigenvalue weighted by molar-refractivity contribution is -0.385. The number of hydrogen-bond acceptors (Lipinski definition) is 3. The molecule has 0 atom stereocenters. The highest BCUT2D eigenvalue weighted by Gasteiger charge is 2.18. The van der Waals surface area contributed by atoms with E-state index < -0.39 is 0 Å². The SMILES string of the molecule is O=[N+]([O-])c1cccc(Sc2ccc3c(c2)Cc2ccccc2-3)c1. The van der Waals surface area contributed by atoms with Crippen LogP contribution in [0.2, 0.25) is 0 Å². The van der Waals surface area contributed by atoms with Crippen LogP contribution in [0, 0.1) is 10.1 Å². The predicted octanol–water partition coefficient (Wildman–Crippen LogP) is 5.32.